The number of aromatic nitrogens is 1. The fourth-order valence-corrected chi connectivity index (χ4v) is 3.82. The lowest BCUT2D eigenvalue weighted by atomic mass is 9.79. The summed E-state index contributed by atoms with van der Waals surface area (Å²) < 4.78 is 6.08. The van der Waals surface area contributed by atoms with Gasteiger partial charge in [-0.3, -0.25) is 4.98 Å². The van der Waals surface area contributed by atoms with Crippen molar-refractivity contribution in [1.29, 1.82) is 0 Å². The molecular formula is C25H35NO2. The first kappa shape index (κ1) is 22.1. The standard InChI is InChI=1S/C25H35NO2/c1-16(2)14-22(17(3)4)24(18(5)6)28-25(27)21-12-8-11-20(15-21)23-19(7)10-9-13-26-23/h8-13,15-18,22,24H,14H2,1-7H3. The van der Waals surface area contributed by atoms with Crippen LogP contribution in [0.25, 0.3) is 11.3 Å². The Morgan fingerprint density at radius 1 is 1.00 bits per heavy atom. The maximum atomic E-state index is 13.0. The zero-order valence-electron chi connectivity index (χ0n) is 18.4. The van der Waals surface area contributed by atoms with Crippen molar-refractivity contribution < 1.29 is 9.53 Å². The minimum atomic E-state index is -0.247. The summed E-state index contributed by atoms with van der Waals surface area (Å²) in [7, 11) is 0. The molecule has 2 aromatic rings. The molecule has 3 heteroatoms. The Labute approximate surface area is 170 Å². The smallest absolute Gasteiger partial charge is 0.338 e. The van der Waals surface area contributed by atoms with Gasteiger partial charge in [0.25, 0.3) is 0 Å². The number of benzene rings is 1. The molecule has 0 amide bonds. The van der Waals surface area contributed by atoms with E-state index in [4.69, 9.17) is 4.74 Å². The minimum Gasteiger partial charge on any atom is -0.458 e. The van der Waals surface area contributed by atoms with E-state index in [9.17, 15) is 4.79 Å². The first-order valence-electron chi connectivity index (χ1n) is 10.4. The Morgan fingerprint density at radius 2 is 1.71 bits per heavy atom. The second-order valence-electron chi connectivity index (χ2n) is 8.90. The number of hydrogen-bond acceptors (Lipinski definition) is 3. The third-order valence-corrected chi connectivity index (χ3v) is 5.30. The second kappa shape index (κ2) is 9.86. The van der Waals surface area contributed by atoms with Gasteiger partial charge in [0.05, 0.1) is 11.3 Å². The lowest BCUT2D eigenvalue weighted by molar-refractivity contribution is -0.0164. The minimum absolute atomic E-state index is 0.0878. The van der Waals surface area contributed by atoms with E-state index in [2.05, 4.69) is 46.5 Å². The molecule has 0 aliphatic rings. The van der Waals surface area contributed by atoms with Gasteiger partial charge in [-0.15, -0.1) is 0 Å². The van der Waals surface area contributed by atoms with E-state index in [0.29, 0.717) is 23.3 Å². The topological polar surface area (TPSA) is 39.2 Å². The zero-order valence-corrected chi connectivity index (χ0v) is 18.4. The molecule has 2 rings (SSSR count). The highest BCUT2D eigenvalue weighted by molar-refractivity contribution is 5.91. The van der Waals surface area contributed by atoms with Crippen LogP contribution < -0.4 is 0 Å². The number of ether oxygens (including phenoxy) is 1. The summed E-state index contributed by atoms with van der Waals surface area (Å²) in [5.41, 5.74) is 3.51. The Balaban J connectivity index is 2.27. The van der Waals surface area contributed by atoms with E-state index in [1.807, 2.05) is 43.3 Å². The molecule has 28 heavy (non-hydrogen) atoms. The van der Waals surface area contributed by atoms with Gasteiger partial charge in [0.1, 0.15) is 6.10 Å². The molecule has 152 valence electrons. The molecule has 0 saturated heterocycles. The molecule has 0 saturated carbocycles. The number of carbonyl (C=O) groups is 1. The first-order valence-corrected chi connectivity index (χ1v) is 10.4. The molecule has 0 N–H and O–H groups in total. The number of hydrogen-bond donors (Lipinski definition) is 0. The molecule has 3 nitrogen and oxygen atoms in total. The molecule has 0 spiro atoms. The van der Waals surface area contributed by atoms with Crippen molar-refractivity contribution in [2.75, 3.05) is 0 Å². The van der Waals surface area contributed by atoms with Crippen LogP contribution in [0.15, 0.2) is 42.6 Å². The third kappa shape index (κ3) is 5.67. The van der Waals surface area contributed by atoms with E-state index >= 15 is 0 Å². The van der Waals surface area contributed by atoms with Crippen molar-refractivity contribution in [2.24, 2.45) is 23.7 Å². The number of nitrogens with zero attached hydrogens (tertiary/aromatic N) is 1. The second-order valence-corrected chi connectivity index (χ2v) is 8.90. The quantitative estimate of drug-likeness (QED) is 0.486. The van der Waals surface area contributed by atoms with Crippen LogP contribution in [-0.4, -0.2) is 17.1 Å². The van der Waals surface area contributed by atoms with E-state index in [-0.39, 0.29) is 18.0 Å². The van der Waals surface area contributed by atoms with Gasteiger partial charge in [0.15, 0.2) is 0 Å². The van der Waals surface area contributed by atoms with Crippen molar-refractivity contribution in [3.63, 3.8) is 0 Å². The van der Waals surface area contributed by atoms with Crippen molar-refractivity contribution >= 4 is 5.97 Å². The van der Waals surface area contributed by atoms with Crippen LogP contribution in [0.4, 0.5) is 0 Å². The predicted octanol–water partition coefficient (Wildman–Crippen LogP) is 6.56. The monoisotopic (exact) mass is 381 g/mol. The fourth-order valence-electron chi connectivity index (χ4n) is 3.82. The normalized spacial score (nSPS) is 13.8. The van der Waals surface area contributed by atoms with Crippen molar-refractivity contribution in [2.45, 2.75) is 61.0 Å². The van der Waals surface area contributed by atoms with Gasteiger partial charge in [-0.1, -0.05) is 59.7 Å². The molecule has 0 aliphatic carbocycles. The van der Waals surface area contributed by atoms with Gasteiger partial charge in [0.2, 0.25) is 0 Å². The Hall–Kier alpha value is -2.16. The van der Waals surface area contributed by atoms with Crippen molar-refractivity contribution in [1.82, 2.24) is 4.98 Å². The highest BCUT2D eigenvalue weighted by Crippen LogP contribution is 2.31. The highest BCUT2D eigenvalue weighted by atomic mass is 16.5. The van der Waals surface area contributed by atoms with E-state index in [0.717, 1.165) is 23.2 Å². The van der Waals surface area contributed by atoms with E-state index in [1.54, 1.807) is 6.20 Å². The molecule has 1 heterocycles. The maximum absolute atomic E-state index is 13.0. The number of carbonyl (C=O) groups excluding carboxylic acids is 1. The molecule has 1 aromatic carbocycles. The molecule has 0 radical (unpaired) electrons. The van der Waals surface area contributed by atoms with Crippen LogP contribution in [-0.2, 0) is 4.74 Å². The molecule has 0 aliphatic heterocycles. The summed E-state index contributed by atoms with van der Waals surface area (Å²) >= 11 is 0. The lowest BCUT2D eigenvalue weighted by Crippen LogP contribution is -2.35. The molecule has 2 unspecified atom stereocenters. The van der Waals surface area contributed by atoms with Gasteiger partial charge in [0, 0.05) is 11.8 Å². The number of rotatable bonds is 8. The average molecular weight is 382 g/mol. The Bertz CT molecular complexity index is 780. The zero-order chi connectivity index (χ0) is 20.8. The number of esters is 1. The highest BCUT2D eigenvalue weighted by Gasteiger charge is 2.31. The van der Waals surface area contributed by atoms with Crippen LogP contribution in [0.3, 0.4) is 0 Å². The number of aryl methyl sites for hydroxylation is 1. The lowest BCUT2D eigenvalue weighted by Gasteiger charge is -2.34. The average Bonchev–Trinajstić information content (AvgIpc) is 2.64. The van der Waals surface area contributed by atoms with Gasteiger partial charge in [-0.25, -0.2) is 4.79 Å². The van der Waals surface area contributed by atoms with Crippen LogP contribution >= 0.6 is 0 Å². The summed E-state index contributed by atoms with van der Waals surface area (Å²) in [6, 6.07) is 11.6. The largest absolute Gasteiger partial charge is 0.458 e. The summed E-state index contributed by atoms with van der Waals surface area (Å²) in [5, 5.41) is 0. The van der Waals surface area contributed by atoms with Crippen molar-refractivity contribution in [3.8, 4) is 11.3 Å². The van der Waals surface area contributed by atoms with Gasteiger partial charge in [-0.2, -0.15) is 0 Å². The van der Waals surface area contributed by atoms with Crippen molar-refractivity contribution in [3.05, 3.63) is 53.7 Å². The Morgan fingerprint density at radius 3 is 2.29 bits per heavy atom. The van der Waals surface area contributed by atoms with Gasteiger partial charge < -0.3 is 4.74 Å². The van der Waals surface area contributed by atoms with E-state index in [1.165, 1.54) is 0 Å². The number of pyridine rings is 1. The first-order chi connectivity index (χ1) is 13.2. The molecule has 2 atom stereocenters. The Kier molecular flexibility index (Phi) is 7.79. The third-order valence-electron chi connectivity index (χ3n) is 5.30. The molecular weight excluding hydrogens is 346 g/mol. The maximum Gasteiger partial charge on any atom is 0.338 e. The summed E-state index contributed by atoms with van der Waals surface area (Å²) in [6.07, 6.45) is 2.75. The predicted molar refractivity (Wildman–Crippen MR) is 116 cm³/mol. The summed E-state index contributed by atoms with van der Waals surface area (Å²) in [5.74, 6) is 1.41. The van der Waals surface area contributed by atoms with Gasteiger partial charge in [-0.05, 0) is 60.8 Å². The van der Waals surface area contributed by atoms with Crippen LogP contribution in [0.5, 0.6) is 0 Å². The molecule has 0 bridgehead atoms. The van der Waals surface area contributed by atoms with Crippen LogP contribution in [0, 0.1) is 30.6 Å². The van der Waals surface area contributed by atoms with Crippen LogP contribution in [0.2, 0.25) is 0 Å². The van der Waals surface area contributed by atoms with E-state index < -0.39 is 0 Å². The summed E-state index contributed by atoms with van der Waals surface area (Å²) in [4.78, 5) is 17.5. The fraction of sp³-hybridized carbons (Fsp3) is 0.520. The SMILES string of the molecule is Cc1cccnc1-c1cccc(C(=O)OC(C(C)C)C(CC(C)C)C(C)C)c1. The molecule has 1 aromatic heterocycles. The van der Waals surface area contributed by atoms with Gasteiger partial charge >= 0.3 is 5.97 Å². The molecule has 0 fully saturated rings. The van der Waals surface area contributed by atoms with Crippen LogP contribution in [0.1, 0.15) is 63.9 Å². The summed E-state index contributed by atoms with van der Waals surface area (Å²) in [6.45, 7) is 15.2.